The van der Waals surface area contributed by atoms with Crippen molar-refractivity contribution in [1.82, 2.24) is 15.2 Å². The molecule has 32 heavy (non-hydrogen) atoms. The summed E-state index contributed by atoms with van der Waals surface area (Å²) in [6.45, 7) is 3.99. The summed E-state index contributed by atoms with van der Waals surface area (Å²) in [6.07, 6.45) is 2.25. The van der Waals surface area contributed by atoms with Crippen molar-refractivity contribution in [1.29, 1.82) is 0 Å². The number of nitrogens with one attached hydrogen (secondary N) is 1. The van der Waals surface area contributed by atoms with E-state index in [1.54, 1.807) is 13.3 Å². The van der Waals surface area contributed by atoms with Gasteiger partial charge in [-0.25, -0.2) is 0 Å². The van der Waals surface area contributed by atoms with Crippen LogP contribution in [0.2, 0.25) is 0 Å². The van der Waals surface area contributed by atoms with Crippen LogP contribution in [0.3, 0.4) is 0 Å². The molecular weight excluding hydrogens is 424 g/mol. The first-order valence-electron chi connectivity index (χ1n) is 10.3. The standard InChI is InChI=1S/C24H24N4O3S/c1-15(2)22(23(29)26-20-8-4-7-19-18(20)6-5-13-25-19)32-24-28-27-21(31-24)14-16-9-11-17(30-3)12-10-16/h4-13,15,22H,14H2,1-3H3,(H,26,29). The van der Waals surface area contributed by atoms with Gasteiger partial charge in [0.25, 0.3) is 5.22 Å². The highest BCUT2D eigenvalue weighted by molar-refractivity contribution is 8.00. The minimum absolute atomic E-state index is 0.0602. The number of nitrogens with zero attached hydrogens (tertiary/aromatic N) is 3. The van der Waals surface area contributed by atoms with E-state index in [-0.39, 0.29) is 11.8 Å². The number of methoxy groups -OCH3 is 1. The summed E-state index contributed by atoms with van der Waals surface area (Å²) < 4.78 is 11.0. The third-order valence-electron chi connectivity index (χ3n) is 4.96. The van der Waals surface area contributed by atoms with E-state index in [1.165, 1.54) is 11.8 Å². The first-order chi connectivity index (χ1) is 15.5. The van der Waals surface area contributed by atoms with E-state index in [1.807, 2.05) is 68.4 Å². The monoisotopic (exact) mass is 448 g/mol. The summed E-state index contributed by atoms with van der Waals surface area (Å²) >= 11 is 1.28. The molecule has 4 rings (SSSR count). The maximum absolute atomic E-state index is 13.1. The molecule has 7 nitrogen and oxygen atoms in total. The van der Waals surface area contributed by atoms with Crippen LogP contribution in [0, 0.1) is 5.92 Å². The van der Waals surface area contributed by atoms with Gasteiger partial charge in [-0.05, 0) is 47.9 Å². The van der Waals surface area contributed by atoms with Gasteiger partial charge in [-0.2, -0.15) is 0 Å². The smallest absolute Gasteiger partial charge is 0.277 e. The Morgan fingerprint density at radius 2 is 1.91 bits per heavy atom. The molecule has 2 heterocycles. The topological polar surface area (TPSA) is 90.1 Å². The number of hydrogen-bond acceptors (Lipinski definition) is 7. The number of carbonyl (C=O) groups excluding carboxylic acids is 1. The molecule has 0 saturated carbocycles. The second kappa shape index (κ2) is 9.82. The van der Waals surface area contributed by atoms with Crippen molar-refractivity contribution in [2.24, 2.45) is 5.92 Å². The van der Waals surface area contributed by atoms with E-state index in [0.717, 1.165) is 27.9 Å². The average molecular weight is 449 g/mol. The molecule has 0 fully saturated rings. The second-order valence-corrected chi connectivity index (χ2v) is 8.73. The summed E-state index contributed by atoms with van der Waals surface area (Å²) in [4.78, 5) is 17.5. The van der Waals surface area contributed by atoms with Crippen LogP contribution in [0.25, 0.3) is 10.9 Å². The Morgan fingerprint density at radius 3 is 2.66 bits per heavy atom. The zero-order valence-electron chi connectivity index (χ0n) is 18.1. The third-order valence-corrected chi connectivity index (χ3v) is 6.34. The molecule has 0 bridgehead atoms. The Balaban J connectivity index is 1.45. The fraction of sp³-hybridized carbons (Fsp3) is 0.250. The summed E-state index contributed by atoms with van der Waals surface area (Å²) in [7, 11) is 1.63. The number of anilines is 1. The molecule has 1 N–H and O–H groups in total. The molecule has 1 amide bonds. The van der Waals surface area contributed by atoms with Crippen molar-refractivity contribution in [3.8, 4) is 5.75 Å². The molecule has 1 atom stereocenters. The van der Waals surface area contributed by atoms with Gasteiger partial charge < -0.3 is 14.5 Å². The van der Waals surface area contributed by atoms with Gasteiger partial charge in [-0.1, -0.05) is 43.8 Å². The molecule has 8 heteroatoms. The third kappa shape index (κ3) is 5.08. The predicted octanol–water partition coefficient (Wildman–Crippen LogP) is 4.97. The molecule has 0 spiro atoms. The molecule has 0 aliphatic rings. The Hall–Kier alpha value is -3.39. The predicted molar refractivity (Wildman–Crippen MR) is 125 cm³/mol. The van der Waals surface area contributed by atoms with Crippen molar-refractivity contribution in [3.05, 3.63) is 72.2 Å². The van der Waals surface area contributed by atoms with Gasteiger partial charge in [0.05, 0.1) is 30.0 Å². The van der Waals surface area contributed by atoms with Gasteiger partial charge in [0.2, 0.25) is 11.8 Å². The fourth-order valence-corrected chi connectivity index (χ4v) is 4.18. The van der Waals surface area contributed by atoms with Crippen LogP contribution in [0.4, 0.5) is 5.69 Å². The molecule has 164 valence electrons. The van der Waals surface area contributed by atoms with Gasteiger partial charge in [-0.3, -0.25) is 9.78 Å². The van der Waals surface area contributed by atoms with Crippen molar-refractivity contribution in [3.63, 3.8) is 0 Å². The zero-order valence-corrected chi connectivity index (χ0v) is 18.9. The highest BCUT2D eigenvalue weighted by atomic mass is 32.2. The van der Waals surface area contributed by atoms with Crippen molar-refractivity contribution in [2.45, 2.75) is 30.7 Å². The number of carbonyl (C=O) groups is 1. The molecule has 0 aliphatic heterocycles. The van der Waals surface area contributed by atoms with Crippen molar-refractivity contribution < 1.29 is 13.9 Å². The lowest BCUT2D eigenvalue weighted by Crippen LogP contribution is -2.29. The molecule has 0 radical (unpaired) electrons. The van der Waals surface area contributed by atoms with E-state index in [2.05, 4.69) is 20.5 Å². The number of benzene rings is 2. The van der Waals surface area contributed by atoms with E-state index in [9.17, 15) is 4.79 Å². The van der Waals surface area contributed by atoms with Crippen LogP contribution < -0.4 is 10.1 Å². The minimum Gasteiger partial charge on any atom is -0.497 e. The van der Waals surface area contributed by atoms with E-state index < -0.39 is 5.25 Å². The summed E-state index contributed by atoms with van der Waals surface area (Å²) in [5.74, 6) is 1.24. The lowest BCUT2D eigenvalue weighted by molar-refractivity contribution is -0.116. The SMILES string of the molecule is COc1ccc(Cc2nnc(SC(C(=O)Nc3cccc4ncccc34)C(C)C)o2)cc1. The summed E-state index contributed by atoms with van der Waals surface area (Å²) in [6, 6.07) is 17.2. The minimum atomic E-state index is -0.392. The second-order valence-electron chi connectivity index (χ2n) is 7.63. The molecular formula is C24H24N4O3S. The number of fused-ring (bicyclic) bond motifs is 1. The van der Waals surface area contributed by atoms with Crippen LogP contribution >= 0.6 is 11.8 Å². The normalized spacial score (nSPS) is 12.1. The molecule has 0 saturated heterocycles. The van der Waals surface area contributed by atoms with Crippen LogP contribution in [0.15, 0.2) is 70.4 Å². The average Bonchev–Trinajstić information content (AvgIpc) is 3.25. The van der Waals surface area contributed by atoms with Gasteiger partial charge >= 0.3 is 0 Å². The first-order valence-corrected chi connectivity index (χ1v) is 11.2. The lowest BCUT2D eigenvalue weighted by Gasteiger charge is -2.18. The Morgan fingerprint density at radius 1 is 1.09 bits per heavy atom. The number of pyridine rings is 1. The first kappa shape index (κ1) is 21.8. The van der Waals surface area contributed by atoms with E-state index in [0.29, 0.717) is 17.5 Å². The van der Waals surface area contributed by atoms with Gasteiger partial charge in [-0.15, -0.1) is 10.2 Å². The van der Waals surface area contributed by atoms with Crippen LogP contribution in [0.5, 0.6) is 5.75 Å². The van der Waals surface area contributed by atoms with Crippen LogP contribution in [0.1, 0.15) is 25.3 Å². The van der Waals surface area contributed by atoms with Crippen molar-refractivity contribution >= 4 is 34.3 Å². The molecule has 2 aromatic carbocycles. The quantitative estimate of drug-likeness (QED) is 0.381. The Labute approximate surface area is 190 Å². The Bertz CT molecular complexity index is 1200. The van der Waals surface area contributed by atoms with E-state index >= 15 is 0 Å². The Kier molecular flexibility index (Phi) is 6.70. The molecule has 1 unspecified atom stereocenters. The number of hydrogen-bond donors (Lipinski definition) is 1. The van der Waals surface area contributed by atoms with Gasteiger partial charge in [0.1, 0.15) is 5.75 Å². The molecule has 0 aliphatic carbocycles. The fourth-order valence-electron chi connectivity index (χ4n) is 3.29. The highest BCUT2D eigenvalue weighted by Crippen LogP contribution is 2.30. The van der Waals surface area contributed by atoms with Gasteiger partial charge in [0, 0.05) is 11.6 Å². The molecule has 2 aromatic heterocycles. The number of rotatable bonds is 8. The number of thioether (sulfide) groups is 1. The lowest BCUT2D eigenvalue weighted by atomic mass is 10.1. The largest absolute Gasteiger partial charge is 0.497 e. The summed E-state index contributed by atoms with van der Waals surface area (Å²) in [5.41, 5.74) is 2.60. The van der Waals surface area contributed by atoms with Crippen LogP contribution in [-0.2, 0) is 11.2 Å². The van der Waals surface area contributed by atoms with E-state index in [4.69, 9.17) is 9.15 Å². The number of amides is 1. The molecule has 4 aromatic rings. The maximum Gasteiger partial charge on any atom is 0.277 e. The zero-order chi connectivity index (χ0) is 22.5. The number of aromatic nitrogens is 3. The number of ether oxygens (including phenoxy) is 1. The maximum atomic E-state index is 13.1. The summed E-state index contributed by atoms with van der Waals surface area (Å²) in [5, 5.41) is 12.2. The van der Waals surface area contributed by atoms with Gasteiger partial charge in [0.15, 0.2) is 0 Å². The van der Waals surface area contributed by atoms with Crippen LogP contribution in [-0.4, -0.2) is 33.4 Å². The van der Waals surface area contributed by atoms with Crippen molar-refractivity contribution in [2.75, 3.05) is 12.4 Å². The highest BCUT2D eigenvalue weighted by Gasteiger charge is 2.26.